The normalized spacial score (nSPS) is 9.77. The lowest BCUT2D eigenvalue weighted by atomic mass is 10.2. The Morgan fingerprint density at radius 2 is 1.38 bits per heavy atom. The van der Waals surface area contributed by atoms with Crippen LogP contribution in [0.3, 0.4) is 0 Å². The van der Waals surface area contributed by atoms with Crippen molar-refractivity contribution in [3.05, 3.63) is 28.2 Å². The smallest absolute Gasteiger partial charge is 0.418 e. The molecule has 1 aromatic carbocycles. The van der Waals surface area contributed by atoms with Crippen molar-refractivity contribution in [3.8, 4) is 5.75 Å². The number of rotatable bonds is 0. The largest absolute Gasteiger partial charge is 0.865 e. The van der Waals surface area contributed by atoms with Crippen molar-refractivity contribution >= 4 is 5.69 Å². The Labute approximate surface area is 68.8 Å². The van der Waals surface area contributed by atoms with E-state index in [9.17, 15) is 22.7 Å². The lowest BCUT2D eigenvalue weighted by molar-refractivity contribution is -0.271. The summed E-state index contributed by atoms with van der Waals surface area (Å²) >= 11 is 0. The first-order valence-corrected chi connectivity index (χ1v) is 2.88. The molecule has 0 bridgehead atoms. The van der Waals surface area contributed by atoms with E-state index in [0.717, 1.165) is 0 Å². The number of benzene rings is 1. The van der Waals surface area contributed by atoms with Crippen LogP contribution in [0.2, 0.25) is 0 Å². The fourth-order valence-electron chi connectivity index (χ4n) is 0.689. The van der Waals surface area contributed by atoms with Gasteiger partial charge in [0.05, 0.1) is 0 Å². The van der Waals surface area contributed by atoms with Crippen LogP contribution in [-0.4, -0.2) is 0 Å². The lowest BCUT2D eigenvalue weighted by Gasteiger charge is -2.04. The van der Waals surface area contributed by atoms with Gasteiger partial charge in [-0.05, 0) is 0 Å². The van der Waals surface area contributed by atoms with E-state index in [1.807, 2.05) is 4.98 Å². The summed E-state index contributed by atoms with van der Waals surface area (Å²) in [7, 11) is 0. The molecule has 0 saturated heterocycles. The molecule has 0 radical (unpaired) electrons. The van der Waals surface area contributed by atoms with Crippen LogP contribution in [0.4, 0.5) is 23.2 Å². The van der Waals surface area contributed by atoms with Crippen LogP contribution in [-0.2, 0) is 0 Å². The second kappa shape index (κ2) is 2.90. The second-order valence-corrected chi connectivity index (χ2v) is 2.03. The SMILES string of the molecule is N#[N+]c1c([O-])c(F)c(F)c(F)c1F. The van der Waals surface area contributed by atoms with Gasteiger partial charge in [-0.15, -0.1) is 0 Å². The zero-order valence-electron chi connectivity index (χ0n) is 5.81. The van der Waals surface area contributed by atoms with E-state index >= 15 is 0 Å². The van der Waals surface area contributed by atoms with E-state index in [-0.39, 0.29) is 0 Å². The molecule has 0 spiro atoms. The van der Waals surface area contributed by atoms with E-state index in [0.29, 0.717) is 0 Å². The van der Waals surface area contributed by atoms with E-state index in [2.05, 4.69) is 0 Å². The van der Waals surface area contributed by atoms with E-state index < -0.39 is 34.7 Å². The third-order valence-corrected chi connectivity index (χ3v) is 1.30. The van der Waals surface area contributed by atoms with Crippen LogP contribution in [0.15, 0.2) is 0 Å². The maximum Gasteiger partial charge on any atom is 0.418 e. The Balaban J connectivity index is 3.69. The van der Waals surface area contributed by atoms with Gasteiger partial charge in [-0.3, -0.25) is 0 Å². The Morgan fingerprint density at radius 3 is 1.85 bits per heavy atom. The molecule has 0 N–H and O–H groups in total. The number of hydrogen-bond donors (Lipinski definition) is 0. The molecule has 0 aliphatic carbocycles. The molecular weight excluding hydrogens is 192 g/mol. The van der Waals surface area contributed by atoms with Gasteiger partial charge < -0.3 is 5.11 Å². The standard InChI is InChI=1S/C6F4N2O/c7-1-2(8)4(10)6(13)5(12-11)3(1)9. The summed E-state index contributed by atoms with van der Waals surface area (Å²) in [6.45, 7) is 0. The van der Waals surface area contributed by atoms with Crippen LogP contribution >= 0.6 is 0 Å². The van der Waals surface area contributed by atoms with E-state index in [4.69, 9.17) is 5.39 Å². The highest BCUT2D eigenvalue weighted by molar-refractivity contribution is 5.57. The van der Waals surface area contributed by atoms with Gasteiger partial charge in [0.15, 0.2) is 16.6 Å². The highest BCUT2D eigenvalue weighted by Crippen LogP contribution is 2.33. The Kier molecular flexibility index (Phi) is 2.06. The van der Waals surface area contributed by atoms with Gasteiger partial charge in [0.1, 0.15) is 0 Å². The van der Waals surface area contributed by atoms with Crippen molar-refractivity contribution in [1.82, 2.24) is 0 Å². The lowest BCUT2D eigenvalue weighted by Crippen LogP contribution is -2.03. The van der Waals surface area contributed by atoms with Crippen molar-refractivity contribution in [2.24, 2.45) is 0 Å². The molecule has 3 nitrogen and oxygen atoms in total. The first-order valence-electron chi connectivity index (χ1n) is 2.88. The van der Waals surface area contributed by atoms with Crippen molar-refractivity contribution in [2.45, 2.75) is 0 Å². The highest BCUT2D eigenvalue weighted by atomic mass is 19.2. The molecule has 0 aliphatic heterocycles. The third kappa shape index (κ3) is 1.16. The first kappa shape index (κ1) is 9.25. The molecule has 1 rings (SSSR count). The summed E-state index contributed by atoms with van der Waals surface area (Å²) in [5.41, 5.74) is -1.49. The van der Waals surface area contributed by atoms with Gasteiger partial charge in [0.2, 0.25) is 11.2 Å². The molecule has 68 valence electrons. The fourth-order valence-corrected chi connectivity index (χ4v) is 0.689. The van der Waals surface area contributed by atoms with Crippen molar-refractivity contribution in [2.75, 3.05) is 0 Å². The first-order chi connectivity index (χ1) is 6.00. The predicted molar refractivity (Wildman–Crippen MR) is 30.5 cm³/mol. The Morgan fingerprint density at radius 1 is 0.923 bits per heavy atom. The molecule has 0 saturated carbocycles. The molecule has 0 heterocycles. The van der Waals surface area contributed by atoms with Gasteiger partial charge in [0.25, 0.3) is 5.82 Å². The predicted octanol–water partition coefficient (Wildman–Crippen LogP) is 1.80. The Bertz CT molecular complexity index is 383. The van der Waals surface area contributed by atoms with Gasteiger partial charge >= 0.3 is 5.69 Å². The van der Waals surface area contributed by atoms with Crippen molar-refractivity contribution in [1.29, 1.82) is 5.39 Å². The minimum absolute atomic E-state index is 1.49. The minimum atomic E-state index is -2.23. The molecular formula is C6F4N2O. The molecule has 0 unspecified atom stereocenters. The molecule has 0 aliphatic rings. The van der Waals surface area contributed by atoms with Crippen LogP contribution < -0.4 is 5.11 Å². The minimum Gasteiger partial charge on any atom is -0.865 e. The molecule has 1 aromatic rings. The second-order valence-electron chi connectivity index (χ2n) is 2.03. The molecule has 0 aromatic heterocycles. The van der Waals surface area contributed by atoms with Crippen LogP contribution in [0.5, 0.6) is 5.75 Å². The summed E-state index contributed by atoms with van der Waals surface area (Å²) in [5, 5.41) is 18.5. The summed E-state index contributed by atoms with van der Waals surface area (Å²) < 4.78 is 49.4. The summed E-state index contributed by atoms with van der Waals surface area (Å²) in [4.78, 5) is 2.00. The third-order valence-electron chi connectivity index (χ3n) is 1.30. The van der Waals surface area contributed by atoms with E-state index in [1.54, 1.807) is 0 Å². The number of diazo groups is 1. The number of nitrogens with zero attached hydrogens (tertiary/aromatic N) is 2. The monoisotopic (exact) mass is 192 g/mol. The molecule has 13 heavy (non-hydrogen) atoms. The van der Waals surface area contributed by atoms with Gasteiger partial charge in [-0.25, -0.2) is 13.2 Å². The summed E-state index contributed by atoms with van der Waals surface area (Å²) in [6, 6.07) is 0. The summed E-state index contributed by atoms with van der Waals surface area (Å²) in [6.07, 6.45) is 0. The van der Waals surface area contributed by atoms with E-state index in [1.165, 1.54) is 0 Å². The van der Waals surface area contributed by atoms with Crippen LogP contribution in [0, 0.1) is 28.7 Å². The fraction of sp³-hybridized carbons (Fsp3) is 0. The quantitative estimate of drug-likeness (QED) is 0.272. The molecule has 0 atom stereocenters. The maximum absolute atomic E-state index is 12.5. The van der Waals surface area contributed by atoms with Crippen molar-refractivity contribution in [3.63, 3.8) is 0 Å². The Hall–Kier alpha value is -1.84. The number of hydrogen-bond acceptors (Lipinski definition) is 2. The maximum atomic E-state index is 12.5. The zero-order valence-corrected chi connectivity index (χ0v) is 5.81. The number of halogens is 4. The van der Waals surface area contributed by atoms with Crippen LogP contribution in [0.25, 0.3) is 4.98 Å². The average Bonchev–Trinajstić information content (AvgIpc) is 2.13. The van der Waals surface area contributed by atoms with Gasteiger partial charge in [-0.1, -0.05) is 0 Å². The highest BCUT2D eigenvalue weighted by Gasteiger charge is 2.28. The van der Waals surface area contributed by atoms with Crippen LogP contribution in [0.1, 0.15) is 0 Å². The van der Waals surface area contributed by atoms with Crippen molar-refractivity contribution < 1.29 is 22.7 Å². The van der Waals surface area contributed by atoms with Gasteiger partial charge in [-0.2, -0.15) is 4.39 Å². The molecule has 0 fully saturated rings. The summed E-state index contributed by atoms with van der Waals surface area (Å²) in [5.74, 6) is -10.4. The topological polar surface area (TPSA) is 51.2 Å². The molecule has 7 heteroatoms. The van der Waals surface area contributed by atoms with Gasteiger partial charge in [0, 0.05) is 5.75 Å². The molecule has 0 amide bonds. The zero-order chi connectivity index (χ0) is 10.2. The average molecular weight is 192 g/mol.